The second kappa shape index (κ2) is 6.79. The van der Waals surface area contributed by atoms with E-state index in [9.17, 15) is 5.11 Å². The summed E-state index contributed by atoms with van der Waals surface area (Å²) in [6.45, 7) is 7.93. The molecule has 1 saturated heterocycles. The first kappa shape index (κ1) is 18.5. The molecule has 1 aromatic carbocycles. The van der Waals surface area contributed by atoms with Crippen LogP contribution in [0.4, 0.5) is 5.82 Å². The highest BCUT2D eigenvalue weighted by Gasteiger charge is 2.27. The van der Waals surface area contributed by atoms with E-state index < -0.39 is 5.60 Å². The molecule has 0 spiro atoms. The minimum absolute atomic E-state index is 0.227. The van der Waals surface area contributed by atoms with Crippen molar-refractivity contribution in [2.45, 2.75) is 32.4 Å². The molecule has 29 heavy (non-hydrogen) atoms. The number of nitrogens with one attached hydrogen (secondary N) is 1. The molecule has 3 aromatic heterocycles. The van der Waals surface area contributed by atoms with Gasteiger partial charge in [-0.25, -0.2) is 9.97 Å². The highest BCUT2D eigenvalue weighted by molar-refractivity contribution is 7.19. The van der Waals surface area contributed by atoms with Crippen molar-refractivity contribution in [3.05, 3.63) is 41.4 Å². The summed E-state index contributed by atoms with van der Waals surface area (Å²) in [7, 11) is 0. The predicted octanol–water partition coefficient (Wildman–Crippen LogP) is 4.29. The maximum absolute atomic E-state index is 10.6. The average Bonchev–Trinajstić information content (AvgIpc) is 3.34. The minimum atomic E-state index is -0.917. The van der Waals surface area contributed by atoms with Crippen LogP contribution in [0.25, 0.3) is 32.5 Å². The Hall–Kier alpha value is -2.48. The lowest BCUT2D eigenvalue weighted by Crippen LogP contribution is -2.44. The molecule has 4 aromatic rings. The summed E-state index contributed by atoms with van der Waals surface area (Å²) in [6, 6.07) is 10.4. The van der Waals surface area contributed by atoms with Crippen molar-refractivity contribution in [1.82, 2.24) is 15.0 Å². The van der Waals surface area contributed by atoms with Gasteiger partial charge in [0.1, 0.15) is 0 Å². The third kappa shape index (κ3) is 3.19. The van der Waals surface area contributed by atoms with Crippen LogP contribution in [0.3, 0.4) is 0 Å². The Kier molecular flexibility index (Phi) is 4.34. The molecule has 0 bridgehead atoms. The van der Waals surface area contributed by atoms with Crippen molar-refractivity contribution < 1.29 is 9.84 Å². The zero-order valence-corrected chi connectivity index (χ0v) is 17.6. The fourth-order valence-corrected chi connectivity index (χ4v) is 4.96. The molecule has 5 rings (SSSR count). The van der Waals surface area contributed by atoms with Crippen molar-refractivity contribution in [3.8, 4) is 11.4 Å². The number of ether oxygens (including phenoxy) is 1. The van der Waals surface area contributed by atoms with Crippen LogP contribution in [0.2, 0.25) is 0 Å². The summed E-state index contributed by atoms with van der Waals surface area (Å²) in [5, 5.41) is 11.7. The number of H-pyrrole nitrogens is 1. The fourth-order valence-electron chi connectivity index (χ4n) is 3.85. The lowest BCUT2D eigenvalue weighted by molar-refractivity contribution is 0.0826. The van der Waals surface area contributed by atoms with E-state index in [0.717, 1.165) is 43.9 Å². The molecule has 1 atom stereocenters. The van der Waals surface area contributed by atoms with E-state index in [1.165, 1.54) is 0 Å². The second-order valence-corrected chi connectivity index (χ2v) is 9.17. The number of nitrogens with zero attached hydrogens (tertiary/aromatic N) is 3. The van der Waals surface area contributed by atoms with Crippen LogP contribution in [0, 0.1) is 0 Å². The number of fused-ring (bicyclic) bond motifs is 2. The molecule has 0 amide bonds. The molecular formula is C22H24N4O2S. The van der Waals surface area contributed by atoms with Gasteiger partial charge in [-0.15, -0.1) is 11.3 Å². The molecule has 6 nitrogen and oxygen atoms in total. The summed E-state index contributed by atoms with van der Waals surface area (Å²) >= 11 is 1.57. The van der Waals surface area contributed by atoms with Gasteiger partial charge in [-0.2, -0.15) is 0 Å². The van der Waals surface area contributed by atoms with Crippen LogP contribution in [0.1, 0.15) is 25.6 Å². The van der Waals surface area contributed by atoms with E-state index in [4.69, 9.17) is 14.7 Å². The van der Waals surface area contributed by atoms with Gasteiger partial charge in [-0.1, -0.05) is 12.1 Å². The first-order chi connectivity index (χ1) is 13.9. The van der Waals surface area contributed by atoms with Crippen LogP contribution in [-0.4, -0.2) is 45.9 Å². The molecule has 0 unspecified atom stereocenters. The molecule has 0 aliphatic carbocycles. The Morgan fingerprint density at radius 3 is 2.93 bits per heavy atom. The molecule has 0 saturated carbocycles. The highest BCUT2D eigenvalue weighted by Crippen LogP contribution is 2.39. The maximum Gasteiger partial charge on any atom is 0.162 e. The summed E-state index contributed by atoms with van der Waals surface area (Å²) in [6.07, 6.45) is 1.94. The Balaban J connectivity index is 1.76. The van der Waals surface area contributed by atoms with Crippen LogP contribution < -0.4 is 4.90 Å². The largest absolute Gasteiger partial charge is 0.385 e. The number of hydrogen-bond donors (Lipinski definition) is 2. The maximum atomic E-state index is 10.6. The van der Waals surface area contributed by atoms with Gasteiger partial charge in [-0.3, -0.25) is 0 Å². The number of benzene rings is 1. The third-order valence-electron chi connectivity index (χ3n) is 5.43. The predicted molar refractivity (Wildman–Crippen MR) is 118 cm³/mol. The van der Waals surface area contributed by atoms with Crippen molar-refractivity contribution in [2.75, 3.05) is 24.7 Å². The Bertz CT molecular complexity index is 1190. The number of hydrogen-bond acceptors (Lipinski definition) is 6. The van der Waals surface area contributed by atoms with Crippen LogP contribution in [-0.2, 0) is 10.3 Å². The molecule has 4 heterocycles. The topological polar surface area (TPSA) is 74.3 Å². The quantitative estimate of drug-likeness (QED) is 0.529. The van der Waals surface area contributed by atoms with Gasteiger partial charge in [0.2, 0.25) is 0 Å². The van der Waals surface area contributed by atoms with Gasteiger partial charge < -0.3 is 19.7 Å². The monoisotopic (exact) mass is 408 g/mol. The van der Waals surface area contributed by atoms with Gasteiger partial charge >= 0.3 is 0 Å². The minimum Gasteiger partial charge on any atom is -0.385 e. The van der Waals surface area contributed by atoms with Crippen molar-refractivity contribution in [3.63, 3.8) is 0 Å². The SMILES string of the molecule is C[C@@H]1COCCN1c1nc(-c2cccc3[nH]ccc23)nc2cc(C(C)(C)O)sc12. The van der Waals surface area contributed by atoms with E-state index in [-0.39, 0.29) is 6.04 Å². The Labute approximate surface area is 173 Å². The molecule has 150 valence electrons. The van der Waals surface area contributed by atoms with Gasteiger partial charge in [0.25, 0.3) is 0 Å². The van der Waals surface area contributed by atoms with E-state index in [2.05, 4.69) is 35.0 Å². The molecule has 1 fully saturated rings. The molecule has 0 radical (unpaired) electrons. The number of aromatic amines is 1. The van der Waals surface area contributed by atoms with Gasteiger partial charge in [0.05, 0.1) is 35.1 Å². The zero-order valence-electron chi connectivity index (χ0n) is 16.8. The fraction of sp³-hybridized carbons (Fsp3) is 0.364. The average molecular weight is 409 g/mol. The number of aromatic nitrogens is 3. The van der Waals surface area contributed by atoms with E-state index in [1.54, 1.807) is 11.3 Å². The van der Waals surface area contributed by atoms with Crippen LogP contribution in [0.5, 0.6) is 0 Å². The van der Waals surface area contributed by atoms with Crippen molar-refractivity contribution in [2.24, 2.45) is 0 Å². The lowest BCUT2D eigenvalue weighted by Gasteiger charge is -2.34. The van der Waals surface area contributed by atoms with Crippen molar-refractivity contribution >= 4 is 38.3 Å². The van der Waals surface area contributed by atoms with Gasteiger partial charge in [-0.05, 0) is 39.0 Å². The Morgan fingerprint density at radius 1 is 1.28 bits per heavy atom. The first-order valence-corrected chi connectivity index (χ1v) is 10.7. The smallest absolute Gasteiger partial charge is 0.162 e. The van der Waals surface area contributed by atoms with Crippen LogP contribution in [0.15, 0.2) is 36.5 Å². The summed E-state index contributed by atoms with van der Waals surface area (Å²) < 4.78 is 6.66. The molecule has 1 aliphatic rings. The molecule has 2 N–H and O–H groups in total. The number of thiophene rings is 1. The lowest BCUT2D eigenvalue weighted by atomic mass is 10.1. The number of anilines is 1. The normalized spacial score (nSPS) is 18.1. The van der Waals surface area contributed by atoms with Gasteiger partial charge in [0.15, 0.2) is 11.6 Å². The first-order valence-electron chi connectivity index (χ1n) is 9.87. The third-order valence-corrected chi connectivity index (χ3v) is 6.87. The standard InChI is InChI=1S/C22H24N4O2S/c1-13-12-28-10-9-26(13)21-19-17(11-18(29-19)22(2,3)27)24-20(25-21)15-5-4-6-16-14(15)7-8-23-16/h4-8,11,13,23,27H,9-10,12H2,1-3H3/t13-/m1/s1. The number of aliphatic hydroxyl groups is 1. The highest BCUT2D eigenvalue weighted by atomic mass is 32.1. The molecule has 7 heteroatoms. The summed E-state index contributed by atoms with van der Waals surface area (Å²) in [5.74, 6) is 1.63. The molecular weight excluding hydrogens is 384 g/mol. The summed E-state index contributed by atoms with van der Waals surface area (Å²) in [5.41, 5.74) is 2.03. The van der Waals surface area contributed by atoms with E-state index in [0.29, 0.717) is 19.0 Å². The zero-order chi connectivity index (χ0) is 20.2. The number of morpholine rings is 1. The van der Waals surface area contributed by atoms with Crippen LogP contribution >= 0.6 is 11.3 Å². The number of rotatable bonds is 3. The summed E-state index contributed by atoms with van der Waals surface area (Å²) in [4.78, 5) is 16.4. The van der Waals surface area contributed by atoms with E-state index >= 15 is 0 Å². The molecule has 1 aliphatic heterocycles. The van der Waals surface area contributed by atoms with Gasteiger partial charge in [0, 0.05) is 34.1 Å². The van der Waals surface area contributed by atoms with E-state index in [1.807, 2.05) is 32.2 Å². The van der Waals surface area contributed by atoms with Crippen molar-refractivity contribution in [1.29, 1.82) is 0 Å². The Morgan fingerprint density at radius 2 is 2.14 bits per heavy atom. The second-order valence-electron chi connectivity index (χ2n) is 8.12.